The molecule has 0 fully saturated rings. The second-order valence-electron chi connectivity index (χ2n) is 5.43. The third-order valence-electron chi connectivity index (χ3n) is 3.36. The van der Waals surface area contributed by atoms with Gasteiger partial charge in [0.2, 0.25) is 10.0 Å². The number of carbonyl (C=O) groups is 2. The van der Waals surface area contributed by atoms with Gasteiger partial charge in [-0.3, -0.25) is 9.52 Å². The fourth-order valence-corrected chi connectivity index (χ4v) is 2.70. The Bertz CT molecular complexity index is 905. The van der Waals surface area contributed by atoms with Crippen LogP contribution in [0.15, 0.2) is 42.5 Å². The number of anilines is 2. The number of hydrogen-bond donors (Lipinski definition) is 2. The van der Waals surface area contributed by atoms with Gasteiger partial charge in [-0.05, 0) is 48.9 Å². The Morgan fingerprint density at radius 2 is 1.60 bits per heavy atom. The van der Waals surface area contributed by atoms with E-state index in [1.165, 1.54) is 25.3 Å². The van der Waals surface area contributed by atoms with E-state index in [-0.39, 0.29) is 0 Å². The molecular formula is C17H18N2O5S. The molecule has 2 rings (SSSR count). The van der Waals surface area contributed by atoms with Crippen molar-refractivity contribution in [1.29, 1.82) is 0 Å². The van der Waals surface area contributed by atoms with Gasteiger partial charge in [0.25, 0.3) is 5.91 Å². The molecule has 0 spiro atoms. The Balaban J connectivity index is 2.18. The summed E-state index contributed by atoms with van der Waals surface area (Å²) < 4.78 is 29.8. The van der Waals surface area contributed by atoms with E-state index in [0.29, 0.717) is 28.1 Å². The van der Waals surface area contributed by atoms with Gasteiger partial charge in [-0.15, -0.1) is 0 Å². The first kappa shape index (κ1) is 18.5. The minimum absolute atomic E-state index is 0.300. The fourth-order valence-electron chi connectivity index (χ4n) is 2.08. The maximum absolute atomic E-state index is 12.3. The molecule has 2 aromatic carbocycles. The third kappa shape index (κ3) is 5.05. The Hall–Kier alpha value is -2.87. The lowest BCUT2D eigenvalue weighted by Crippen LogP contribution is -2.14. The quantitative estimate of drug-likeness (QED) is 0.795. The second-order valence-corrected chi connectivity index (χ2v) is 7.18. The molecule has 132 valence electrons. The summed E-state index contributed by atoms with van der Waals surface area (Å²) in [5.41, 5.74) is 2.21. The van der Waals surface area contributed by atoms with E-state index in [1.807, 2.05) is 0 Å². The van der Waals surface area contributed by atoms with Crippen molar-refractivity contribution in [3.05, 3.63) is 59.2 Å². The number of benzene rings is 2. The SMILES string of the molecule is COC(=O)c1ccc(NC(=O)c2ccc(C)c(NS(C)(=O)=O)c2)cc1. The number of amides is 1. The predicted molar refractivity (Wildman–Crippen MR) is 95.4 cm³/mol. The number of carbonyl (C=O) groups excluding carboxylic acids is 2. The topological polar surface area (TPSA) is 102 Å². The lowest BCUT2D eigenvalue weighted by atomic mass is 10.1. The lowest BCUT2D eigenvalue weighted by molar-refractivity contribution is 0.0600. The number of esters is 1. The minimum Gasteiger partial charge on any atom is -0.465 e. The van der Waals surface area contributed by atoms with Crippen molar-refractivity contribution in [1.82, 2.24) is 0 Å². The fraction of sp³-hybridized carbons (Fsp3) is 0.176. The summed E-state index contributed by atoms with van der Waals surface area (Å²) in [6.45, 7) is 1.74. The Kier molecular flexibility index (Phi) is 5.43. The predicted octanol–water partition coefficient (Wildman–Crippen LogP) is 2.41. The second kappa shape index (κ2) is 7.35. The zero-order valence-electron chi connectivity index (χ0n) is 14.0. The summed E-state index contributed by atoms with van der Waals surface area (Å²) in [6, 6.07) is 10.9. The number of ether oxygens (including phenoxy) is 1. The van der Waals surface area contributed by atoms with Crippen LogP contribution in [0.4, 0.5) is 11.4 Å². The molecule has 0 saturated heterocycles. The van der Waals surface area contributed by atoms with Crippen LogP contribution in [0, 0.1) is 6.92 Å². The van der Waals surface area contributed by atoms with Crippen LogP contribution in [0.1, 0.15) is 26.3 Å². The van der Waals surface area contributed by atoms with Gasteiger partial charge in [0, 0.05) is 11.3 Å². The monoisotopic (exact) mass is 362 g/mol. The number of sulfonamides is 1. The molecule has 0 atom stereocenters. The van der Waals surface area contributed by atoms with E-state index in [0.717, 1.165) is 6.26 Å². The Morgan fingerprint density at radius 1 is 1.00 bits per heavy atom. The van der Waals surface area contributed by atoms with Gasteiger partial charge in [-0.2, -0.15) is 0 Å². The van der Waals surface area contributed by atoms with E-state index in [9.17, 15) is 18.0 Å². The van der Waals surface area contributed by atoms with Crippen LogP contribution in [0.25, 0.3) is 0 Å². The van der Waals surface area contributed by atoms with E-state index >= 15 is 0 Å². The molecular weight excluding hydrogens is 344 g/mol. The molecule has 2 aromatic rings. The van der Waals surface area contributed by atoms with Crippen LogP contribution in [0.2, 0.25) is 0 Å². The number of hydrogen-bond acceptors (Lipinski definition) is 5. The van der Waals surface area contributed by atoms with E-state index in [1.54, 1.807) is 31.2 Å². The molecule has 0 aliphatic carbocycles. The third-order valence-corrected chi connectivity index (χ3v) is 3.95. The molecule has 2 N–H and O–H groups in total. The van der Waals surface area contributed by atoms with Gasteiger partial charge in [-0.25, -0.2) is 13.2 Å². The van der Waals surface area contributed by atoms with E-state index in [2.05, 4.69) is 14.8 Å². The summed E-state index contributed by atoms with van der Waals surface area (Å²) in [6.07, 6.45) is 1.04. The van der Waals surface area contributed by atoms with Crippen molar-refractivity contribution < 1.29 is 22.7 Å². The molecule has 1 amide bonds. The van der Waals surface area contributed by atoms with Gasteiger partial charge in [0.15, 0.2) is 0 Å². The van der Waals surface area contributed by atoms with E-state index < -0.39 is 21.9 Å². The smallest absolute Gasteiger partial charge is 0.337 e. The standard InChI is InChI=1S/C17H18N2O5S/c1-11-4-5-13(10-15(11)19-25(3,22)23)16(20)18-14-8-6-12(7-9-14)17(21)24-2/h4-10,19H,1-3H3,(H,18,20). The van der Waals surface area contributed by atoms with Gasteiger partial charge >= 0.3 is 5.97 Å². The zero-order chi connectivity index (χ0) is 18.6. The molecule has 0 radical (unpaired) electrons. The highest BCUT2D eigenvalue weighted by Gasteiger charge is 2.12. The first-order valence-corrected chi connectivity index (χ1v) is 9.17. The molecule has 25 heavy (non-hydrogen) atoms. The van der Waals surface area contributed by atoms with Crippen LogP contribution >= 0.6 is 0 Å². The van der Waals surface area contributed by atoms with E-state index in [4.69, 9.17) is 0 Å². The molecule has 7 nitrogen and oxygen atoms in total. The van der Waals surface area contributed by atoms with Crippen molar-refractivity contribution in [2.75, 3.05) is 23.4 Å². The van der Waals surface area contributed by atoms with Crippen LogP contribution in [0.5, 0.6) is 0 Å². The van der Waals surface area contributed by atoms with Crippen molar-refractivity contribution in [2.45, 2.75) is 6.92 Å². The number of nitrogens with one attached hydrogen (secondary N) is 2. The first-order chi connectivity index (χ1) is 11.7. The van der Waals surface area contributed by atoms with Crippen molar-refractivity contribution in [2.24, 2.45) is 0 Å². The van der Waals surface area contributed by atoms with Crippen molar-refractivity contribution >= 4 is 33.3 Å². The molecule has 0 heterocycles. The highest BCUT2D eigenvalue weighted by molar-refractivity contribution is 7.92. The maximum atomic E-state index is 12.3. The number of rotatable bonds is 5. The van der Waals surface area contributed by atoms with Gasteiger partial charge in [0.05, 0.1) is 24.6 Å². The molecule has 0 bridgehead atoms. The zero-order valence-corrected chi connectivity index (χ0v) is 14.8. The molecule has 0 unspecified atom stereocenters. The van der Waals surface area contributed by atoms with Crippen LogP contribution in [0.3, 0.4) is 0 Å². The molecule has 0 saturated carbocycles. The summed E-state index contributed by atoms with van der Waals surface area (Å²) >= 11 is 0. The molecule has 0 aliphatic heterocycles. The Morgan fingerprint density at radius 3 is 2.16 bits per heavy atom. The normalized spacial score (nSPS) is 10.8. The molecule has 8 heteroatoms. The van der Waals surface area contributed by atoms with Gasteiger partial charge in [0.1, 0.15) is 0 Å². The average molecular weight is 362 g/mol. The molecule has 0 aromatic heterocycles. The summed E-state index contributed by atoms with van der Waals surface area (Å²) in [4.78, 5) is 23.7. The number of methoxy groups -OCH3 is 1. The first-order valence-electron chi connectivity index (χ1n) is 7.28. The van der Waals surface area contributed by atoms with Gasteiger partial charge in [-0.1, -0.05) is 6.07 Å². The maximum Gasteiger partial charge on any atom is 0.337 e. The highest BCUT2D eigenvalue weighted by atomic mass is 32.2. The Labute approximate surface area is 146 Å². The lowest BCUT2D eigenvalue weighted by Gasteiger charge is -2.11. The summed E-state index contributed by atoms with van der Waals surface area (Å²) in [5, 5.41) is 2.68. The van der Waals surface area contributed by atoms with Crippen LogP contribution in [-0.2, 0) is 14.8 Å². The summed E-state index contributed by atoms with van der Waals surface area (Å²) in [7, 11) is -2.15. The summed E-state index contributed by atoms with van der Waals surface area (Å²) in [5.74, 6) is -0.865. The van der Waals surface area contributed by atoms with Crippen molar-refractivity contribution in [3.8, 4) is 0 Å². The van der Waals surface area contributed by atoms with Gasteiger partial charge < -0.3 is 10.1 Å². The van der Waals surface area contributed by atoms with Crippen LogP contribution < -0.4 is 10.0 Å². The number of aryl methyl sites for hydroxylation is 1. The van der Waals surface area contributed by atoms with Crippen molar-refractivity contribution in [3.63, 3.8) is 0 Å². The minimum atomic E-state index is -3.44. The largest absolute Gasteiger partial charge is 0.465 e. The average Bonchev–Trinajstić information content (AvgIpc) is 2.55. The molecule has 0 aliphatic rings. The highest BCUT2D eigenvalue weighted by Crippen LogP contribution is 2.19. The van der Waals surface area contributed by atoms with Crippen LogP contribution in [-0.4, -0.2) is 33.7 Å².